The molecule has 0 saturated heterocycles. The molecule has 4 nitrogen and oxygen atoms in total. The molecule has 2 rings (SSSR count). The third kappa shape index (κ3) is 3.17. The number of rotatable bonds is 2. The molecule has 0 bridgehead atoms. The Morgan fingerprint density at radius 1 is 1.33 bits per heavy atom. The Morgan fingerprint density at radius 2 is 2.11 bits per heavy atom. The lowest BCUT2D eigenvalue weighted by molar-refractivity contribution is 1.09. The molecule has 0 unspecified atom stereocenters. The molecule has 0 radical (unpaired) electrons. The Hall–Kier alpha value is -1.20. The van der Waals surface area contributed by atoms with Crippen LogP contribution in [0.5, 0.6) is 0 Å². The highest BCUT2D eigenvalue weighted by Crippen LogP contribution is 2.25. The first kappa shape index (κ1) is 13.2. The number of nitriles is 1. The van der Waals surface area contributed by atoms with E-state index in [0.717, 1.165) is 19.4 Å². The molecular weight excluding hydrogens is 407 g/mol. The van der Waals surface area contributed by atoms with E-state index in [0.29, 0.717) is 11.6 Å². The molecule has 0 spiro atoms. The highest BCUT2D eigenvalue weighted by atomic mass is 127. The number of halogens is 2. The van der Waals surface area contributed by atoms with Crippen LogP contribution in [0.2, 0.25) is 0 Å². The number of aromatic nitrogens is 2. The van der Waals surface area contributed by atoms with Crippen LogP contribution in [0.15, 0.2) is 28.7 Å². The molecule has 0 amide bonds. The van der Waals surface area contributed by atoms with Crippen molar-refractivity contribution >= 4 is 50.2 Å². The SMILES string of the molecule is Cc1cc(C#N)nc(Nc2cc(Br)ccc2I)n1. The van der Waals surface area contributed by atoms with E-state index in [2.05, 4.69) is 53.8 Å². The van der Waals surface area contributed by atoms with Crippen molar-refractivity contribution in [3.8, 4) is 6.07 Å². The minimum Gasteiger partial charge on any atom is -0.323 e. The first-order valence-corrected chi connectivity index (χ1v) is 6.93. The summed E-state index contributed by atoms with van der Waals surface area (Å²) in [5.74, 6) is 0.433. The number of nitrogens with one attached hydrogen (secondary N) is 1. The number of hydrogen-bond acceptors (Lipinski definition) is 4. The van der Waals surface area contributed by atoms with E-state index in [1.807, 2.05) is 31.2 Å². The van der Waals surface area contributed by atoms with Crippen LogP contribution in [0.1, 0.15) is 11.4 Å². The molecule has 6 heteroatoms. The van der Waals surface area contributed by atoms with Crippen molar-refractivity contribution < 1.29 is 0 Å². The van der Waals surface area contributed by atoms with Gasteiger partial charge >= 0.3 is 0 Å². The van der Waals surface area contributed by atoms with Gasteiger partial charge in [0.2, 0.25) is 5.95 Å². The predicted molar refractivity (Wildman–Crippen MR) is 81.6 cm³/mol. The average Bonchev–Trinajstić information content (AvgIpc) is 2.33. The summed E-state index contributed by atoms with van der Waals surface area (Å²) >= 11 is 5.64. The molecule has 0 aliphatic carbocycles. The second kappa shape index (κ2) is 5.63. The normalized spacial score (nSPS) is 9.89. The summed E-state index contributed by atoms with van der Waals surface area (Å²) in [6, 6.07) is 9.55. The smallest absolute Gasteiger partial charge is 0.228 e. The van der Waals surface area contributed by atoms with Gasteiger partial charge in [0.15, 0.2) is 0 Å². The van der Waals surface area contributed by atoms with Gasteiger partial charge in [-0.1, -0.05) is 15.9 Å². The minimum absolute atomic E-state index is 0.356. The van der Waals surface area contributed by atoms with Crippen LogP contribution in [-0.2, 0) is 0 Å². The largest absolute Gasteiger partial charge is 0.323 e. The summed E-state index contributed by atoms with van der Waals surface area (Å²) in [7, 11) is 0. The number of nitrogens with zero attached hydrogens (tertiary/aromatic N) is 3. The van der Waals surface area contributed by atoms with E-state index in [1.54, 1.807) is 6.07 Å². The second-order valence-electron chi connectivity index (χ2n) is 3.58. The summed E-state index contributed by atoms with van der Waals surface area (Å²) in [6.07, 6.45) is 0. The lowest BCUT2D eigenvalue weighted by Gasteiger charge is -2.08. The maximum Gasteiger partial charge on any atom is 0.228 e. The van der Waals surface area contributed by atoms with Crippen molar-refractivity contribution in [1.29, 1.82) is 5.26 Å². The number of hydrogen-bond donors (Lipinski definition) is 1. The van der Waals surface area contributed by atoms with Gasteiger partial charge in [-0.2, -0.15) is 5.26 Å². The molecule has 1 heterocycles. The lowest BCUT2D eigenvalue weighted by atomic mass is 10.3. The average molecular weight is 415 g/mol. The van der Waals surface area contributed by atoms with Gasteiger partial charge in [0.25, 0.3) is 0 Å². The van der Waals surface area contributed by atoms with Gasteiger partial charge in [-0.3, -0.25) is 0 Å². The molecule has 0 aliphatic rings. The third-order valence-electron chi connectivity index (χ3n) is 2.14. The van der Waals surface area contributed by atoms with Gasteiger partial charge in [0, 0.05) is 13.7 Å². The second-order valence-corrected chi connectivity index (χ2v) is 5.66. The molecule has 90 valence electrons. The zero-order valence-electron chi connectivity index (χ0n) is 9.41. The molecule has 2 aromatic rings. The summed E-state index contributed by atoms with van der Waals surface area (Å²) in [4.78, 5) is 8.37. The van der Waals surface area contributed by atoms with E-state index in [4.69, 9.17) is 5.26 Å². The van der Waals surface area contributed by atoms with Crippen LogP contribution in [0.25, 0.3) is 0 Å². The highest BCUT2D eigenvalue weighted by molar-refractivity contribution is 14.1. The van der Waals surface area contributed by atoms with Gasteiger partial charge in [0.1, 0.15) is 11.8 Å². The van der Waals surface area contributed by atoms with Crippen molar-refractivity contribution in [1.82, 2.24) is 9.97 Å². The first-order chi connectivity index (χ1) is 8.58. The van der Waals surface area contributed by atoms with Gasteiger partial charge in [-0.25, -0.2) is 9.97 Å². The van der Waals surface area contributed by atoms with Crippen LogP contribution in [0.4, 0.5) is 11.6 Å². The zero-order valence-corrected chi connectivity index (χ0v) is 13.2. The van der Waals surface area contributed by atoms with Gasteiger partial charge in [0.05, 0.1) is 5.69 Å². The fraction of sp³-hybridized carbons (Fsp3) is 0.0833. The van der Waals surface area contributed by atoms with Crippen LogP contribution in [-0.4, -0.2) is 9.97 Å². The Balaban J connectivity index is 2.37. The molecule has 0 fully saturated rings. The van der Waals surface area contributed by atoms with E-state index in [-0.39, 0.29) is 0 Å². The fourth-order valence-electron chi connectivity index (χ4n) is 1.40. The monoisotopic (exact) mass is 414 g/mol. The van der Waals surface area contributed by atoms with Crippen molar-refractivity contribution in [2.75, 3.05) is 5.32 Å². The topological polar surface area (TPSA) is 61.6 Å². The van der Waals surface area contributed by atoms with Crippen molar-refractivity contribution in [3.63, 3.8) is 0 Å². The molecule has 1 N–H and O–H groups in total. The Kier molecular flexibility index (Phi) is 4.14. The lowest BCUT2D eigenvalue weighted by Crippen LogP contribution is -2.01. The molecule has 0 saturated carbocycles. The number of aryl methyl sites for hydroxylation is 1. The van der Waals surface area contributed by atoms with Crippen molar-refractivity contribution in [2.24, 2.45) is 0 Å². The number of benzene rings is 1. The van der Waals surface area contributed by atoms with Crippen molar-refractivity contribution in [3.05, 3.63) is 43.7 Å². The van der Waals surface area contributed by atoms with Crippen LogP contribution < -0.4 is 5.32 Å². The molecule has 0 aliphatic heterocycles. The minimum atomic E-state index is 0.356. The Morgan fingerprint density at radius 3 is 2.83 bits per heavy atom. The standard InChI is InChI=1S/C12H8BrIN4/c1-7-4-9(6-15)17-12(16-7)18-11-5-8(13)2-3-10(11)14/h2-5H,1H3,(H,16,17,18). The molecular formula is C12H8BrIN4. The number of anilines is 2. The zero-order chi connectivity index (χ0) is 13.1. The van der Waals surface area contributed by atoms with E-state index >= 15 is 0 Å². The maximum absolute atomic E-state index is 8.87. The summed E-state index contributed by atoms with van der Waals surface area (Å²) in [6.45, 7) is 1.83. The molecule has 1 aromatic heterocycles. The third-order valence-corrected chi connectivity index (χ3v) is 3.58. The van der Waals surface area contributed by atoms with Crippen LogP contribution in [0, 0.1) is 21.8 Å². The predicted octanol–water partition coefficient (Wildman–Crippen LogP) is 3.77. The molecule has 1 aromatic carbocycles. The highest BCUT2D eigenvalue weighted by Gasteiger charge is 2.05. The van der Waals surface area contributed by atoms with Crippen LogP contribution in [0.3, 0.4) is 0 Å². The Bertz CT molecular complexity index is 636. The van der Waals surface area contributed by atoms with Gasteiger partial charge in [-0.05, 0) is 53.8 Å². The summed E-state index contributed by atoms with van der Waals surface area (Å²) in [5, 5.41) is 12.0. The van der Waals surface area contributed by atoms with E-state index in [1.165, 1.54) is 0 Å². The molecule has 18 heavy (non-hydrogen) atoms. The maximum atomic E-state index is 8.87. The van der Waals surface area contributed by atoms with Crippen LogP contribution >= 0.6 is 38.5 Å². The first-order valence-electron chi connectivity index (χ1n) is 5.06. The van der Waals surface area contributed by atoms with Crippen molar-refractivity contribution in [2.45, 2.75) is 6.92 Å². The fourth-order valence-corrected chi connectivity index (χ4v) is 2.23. The molecule has 0 atom stereocenters. The van der Waals surface area contributed by atoms with Gasteiger partial charge in [-0.15, -0.1) is 0 Å². The Labute approximate surface area is 127 Å². The quantitative estimate of drug-likeness (QED) is 0.760. The van der Waals surface area contributed by atoms with E-state index < -0.39 is 0 Å². The van der Waals surface area contributed by atoms with E-state index in [9.17, 15) is 0 Å². The summed E-state index contributed by atoms with van der Waals surface area (Å²) < 4.78 is 2.03. The van der Waals surface area contributed by atoms with Gasteiger partial charge < -0.3 is 5.32 Å². The summed E-state index contributed by atoms with van der Waals surface area (Å²) in [5.41, 5.74) is 2.02.